The number of carbonyl (C=O) groups is 2. The summed E-state index contributed by atoms with van der Waals surface area (Å²) in [7, 11) is 0. The number of carboxylic acids is 2. The maximum absolute atomic E-state index is 12.1. The number of nitrogens with one attached hydrogen (secondary N) is 2. The molecule has 0 saturated carbocycles. The molecular weight excluding hydrogens is 600 g/mol. The maximum atomic E-state index is 12.1. The number of carboxylic acid groups (broad SMARTS) is 2. The Morgan fingerprint density at radius 3 is 1.38 bits per heavy atom. The van der Waals surface area contributed by atoms with Gasteiger partial charge in [-0.15, -0.1) is 0 Å². The smallest absolute Gasteiger partial charge is 0.344 e. The number of nitrogens with zero attached hydrogens (tertiary/aromatic N) is 6. The molecule has 2 atom stereocenters. The van der Waals surface area contributed by atoms with E-state index >= 15 is 0 Å². The Labute approximate surface area is 271 Å². The summed E-state index contributed by atoms with van der Waals surface area (Å²) in [5.74, 6) is -3.54. The van der Waals surface area contributed by atoms with Crippen molar-refractivity contribution >= 4 is 46.7 Å². The lowest BCUT2D eigenvalue weighted by Crippen LogP contribution is -2.51. The standard InChI is InChI=1S/C34H34N8O5/c1-21-15-17-27(23(3)31(43)44)29(19-21)41-37-35-33(39(41)25-11-7-5-8-12-25)47-34-36-38-42(40(34)26-13-9-6-10-14-26)30-20-22(2)16-18-28(30)24(4)32(45)46/h5-20,23-24,37-38H,1-4H3,(H,43,44)(H,45,46). The van der Waals surface area contributed by atoms with E-state index < -0.39 is 23.8 Å². The molecule has 0 radical (unpaired) electrons. The van der Waals surface area contributed by atoms with E-state index in [1.54, 1.807) is 46.2 Å². The normalized spacial score (nSPS) is 15.4. The molecular formula is C34H34N8O5. The second-order valence-corrected chi connectivity index (χ2v) is 11.3. The molecule has 13 nitrogen and oxygen atoms in total. The molecule has 240 valence electrons. The van der Waals surface area contributed by atoms with Gasteiger partial charge in [-0.25, -0.2) is 0 Å². The molecule has 0 aliphatic carbocycles. The van der Waals surface area contributed by atoms with Gasteiger partial charge >= 0.3 is 24.0 Å². The SMILES string of the molecule is Cc1ccc(C(C)C(=O)O)c(N2NN=C(OC3=NNN(c4cc(C)ccc4C(C)C(=O)O)N3c3ccccc3)N2c2ccccc2)c1. The quantitative estimate of drug-likeness (QED) is 0.197. The number of hydrazine groups is 4. The lowest BCUT2D eigenvalue weighted by molar-refractivity contribution is -0.139. The molecule has 2 unspecified atom stereocenters. The Morgan fingerprint density at radius 2 is 1.02 bits per heavy atom. The molecule has 0 spiro atoms. The van der Waals surface area contributed by atoms with Crippen LogP contribution >= 0.6 is 0 Å². The van der Waals surface area contributed by atoms with E-state index in [0.717, 1.165) is 11.1 Å². The lowest BCUT2D eigenvalue weighted by Gasteiger charge is -2.33. The minimum absolute atomic E-state index is 0.0957. The molecule has 0 fully saturated rings. The third-order valence-electron chi connectivity index (χ3n) is 7.93. The Balaban J connectivity index is 1.40. The zero-order chi connectivity index (χ0) is 33.2. The van der Waals surface area contributed by atoms with E-state index in [9.17, 15) is 19.8 Å². The second-order valence-electron chi connectivity index (χ2n) is 11.3. The number of ether oxygens (including phenoxy) is 1. The molecule has 0 bridgehead atoms. The van der Waals surface area contributed by atoms with Crippen molar-refractivity contribution in [2.75, 3.05) is 20.3 Å². The fourth-order valence-electron chi connectivity index (χ4n) is 5.34. The summed E-state index contributed by atoms with van der Waals surface area (Å²) in [5.41, 5.74) is 11.5. The van der Waals surface area contributed by atoms with Gasteiger partial charge in [0, 0.05) is 0 Å². The van der Waals surface area contributed by atoms with Crippen molar-refractivity contribution in [3.05, 3.63) is 119 Å². The van der Waals surface area contributed by atoms with Gasteiger partial charge in [0.05, 0.1) is 34.6 Å². The average Bonchev–Trinajstić information content (AvgIpc) is 3.69. The molecule has 2 aliphatic rings. The van der Waals surface area contributed by atoms with Crippen molar-refractivity contribution in [3.63, 3.8) is 0 Å². The van der Waals surface area contributed by atoms with Crippen molar-refractivity contribution in [1.82, 2.24) is 11.1 Å². The molecule has 4 aromatic rings. The topological polar surface area (TPSA) is 146 Å². The number of anilines is 4. The fourth-order valence-corrected chi connectivity index (χ4v) is 5.34. The van der Waals surface area contributed by atoms with Gasteiger partial charge in [-0.1, -0.05) is 70.9 Å². The van der Waals surface area contributed by atoms with Crippen LogP contribution in [0.4, 0.5) is 22.7 Å². The van der Waals surface area contributed by atoms with Crippen LogP contribution in [0.2, 0.25) is 0 Å². The summed E-state index contributed by atoms with van der Waals surface area (Å²) >= 11 is 0. The average molecular weight is 635 g/mol. The third kappa shape index (κ3) is 5.93. The van der Waals surface area contributed by atoms with E-state index in [1.807, 2.05) is 98.8 Å². The second kappa shape index (κ2) is 12.6. The van der Waals surface area contributed by atoms with Crippen LogP contribution in [0.15, 0.2) is 107 Å². The van der Waals surface area contributed by atoms with Crippen molar-refractivity contribution in [3.8, 4) is 0 Å². The summed E-state index contributed by atoms with van der Waals surface area (Å²) in [5, 5.41) is 35.4. The zero-order valence-electron chi connectivity index (χ0n) is 26.2. The highest BCUT2D eigenvalue weighted by Gasteiger charge is 2.38. The minimum Gasteiger partial charge on any atom is -0.481 e. The molecule has 0 amide bonds. The first-order chi connectivity index (χ1) is 22.6. The number of rotatable bonds is 8. The van der Waals surface area contributed by atoms with Crippen molar-refractivity contribution in [2.24, 2.45) is 10.2 Å². The van der Waals surface area contributed by atoms with Gasteiger partial charge in [-0.05, 0) is 86.3 Å². The number of hydrogen-bond acceptors (Lipinski definition) is 11. The third-order valence-corrected chi connectivity index (χ3v) is 7.93. The number of hydrazone groups is 2. The van der Waals surface area contributed by atoms with Crippen LogP contribution in [-0.2, 0) is 14.3 Å². The maximum Gasteiger partial charge on any atom is 0.344 e. The van der Waals surface area contributed by atoms with Crippen molar-refractivity contribution in [1.29, 1.82) is 0 Å². The molecule has 2 heterocycles. The van der Waals surface area contributed by atoms with Crippen molar-refractivity contribution in [2.45, 2.75) is 39.5 Å². The predicted molar refractivity (Wildman–Crippen MR) is 179 cm³/mol. The zero-order valence-corrected chi connectivity index (χ0v) is 26.2. The van der Waals surface area contributed by atoms with Gasteiger partial charge in [0.25, 0.3) is 0 Å². The van der Waals surface area contributed by atoms with Crippen LogP contribution in [0.5, 0.6) is 0 Å². The Morgan fingerprint density at radius 1 is 0.638 bits per heavy atom. The van der Waals surface area contributed by atoms with E-state index in [0.29, 0.717) is 33.9 Å². The number of aryl methyl sites for hydroxylation is 2. The van der Waals surface area contributed by atoms with Crippen LogP contribution < -0.4 is 31.3 Å². The highest BCUT2D eigenvalue weighted by molar-refractivity contribution is 6.07. The van der Waals surface area contributed by atoms with Gasteiger partial charge in [0.1, 0.15) is 0 Å². The van der Waals surface area contributed by atoms with Crippen LogP contribution in [0, 0.1) is 13.8 Å². The van der Waals surface area contributed by atoms with Crippen LogP contribution in [0.1, 0.15) is 47.9 Å². The summed E-state index contributed by atoms with van der Waals surface area (Å²) in [6, 6.07) is 30.0. The first-order valence-corrected chi connectivity index (χ1v) is 15.0. The largest absolute Gasteiger partial charge is 0.481 e. The van der Waals surface area contributed by atoms with E-state index in [1.165, 1.54) is 0 Å². The molecule has 6 rings (SSSR count). The Bertz CT molecular complexity index is 1730. The summed E-state index contributed by atoms with van der Waals surface area (Å²) in [4.78, 5) is 24.1. The van der Waals surface area contributed by atoms with E-state index in [-0.39, 0.29) is 12.0 Å². The molecule has 47 heavy (non-hydrogen) atoms. The van der Waals surface area contributed by atoms with Crippen LogP contribution in [0.25, 0.3) is 0 Å². The monoisotopic (exact) mass is 634 g/mol. The van der Waals surface area contributed by atoms with E-state index in [2.05, 4.69) is 21.3 Å². The molecule has 0 saturated heterocycles. The lowest BCUT2D eigenvalue weighted by atomic mass is 9.98. The summed E-state index contributed by atoms with van der Waals surface area (Å²) in [6.07, 6.45) is 0. The molecule has 4 aromatic carbocycles. The van der Waals surface area contributed by atoms with Gasteiger partial charge in [-0.3, -0.25) is 9.59 Å². The number of para-hydroxylation sites is 2. The van der Waals surface area contributed by atoms with Gasteiger partial charge in [0.15, 0.2) is 0 Å². The first kappa shape index (κ1) is 30.8. The van der Waals surface area contributed by atoms with Gasteiger partial charge < -0.3 is 14.9 Å². The first-order valence-electron chi connectivity index (χ1n) is 15.0. The van der Waals surface area contributed by atoms with Crippen LogP contribution in [0.3, 0.4) is 0 Å². The number of hydrogen-bond donors (Lipinski definition) is 4. The molecule has 2 aliphatic heterocycles. The predicted octanol–water partition coefficient (Wildman–Crippen LogP) is 5.43. The Hall–Kier alpha value is -6.24. The molecule has 13 heteroatoms. The van der Waals surface area contributed by atoms with Crippen LogP contribution in [-0.4, -0.2) is 34.2 Å². The number of amidine groups is 2. The minimum atomic E-state index is -0.962. The fraction of sp³-hybridized carbons (Fsp3) is 0.176. The molecule has 0 aromatic heterocycles. The van der Waals surface area contributed by atoms with Crippen molar-refractivity contribution < 1.29 is 24.5 Å². The number of aliphatic carboxylic acids is 2. The Kier molecular flexibility index (Phi) is 8.27. The molecule has 4 N–H and O–H groups in total. The highest BCUT2D eigenvalue weighted by Crippen LogP contribution is 2.35. The highest BCUT2D eigenvalue weighted by atomic mass is 16.6. The van der Waals surface area contributed by atoms with Gasteiger partial charge in [-0.2, -0.15) is 31.3 Å². The summed E-state index contributed by atoms with van der Waals surface area (Å²) < 4.78 is 6.48. The van der Waals surface area contributed by atoms with Gasteiger partial charge in [0.2, 0.25) is 0 Å². The number of benzene rings is 4. The van der Waals surface area contributed by atoms with E-state index in [4.69, 9.17) is 4.74 Å². The summed E-state index contributed by atoms with van der Waals surface area (Å²) in [6.45, 7) is 7.12.